The average Bonchev–Trinajstić information content (AvgIpc) is 2.93. The molecule has 0 amide bonds. The summed E-state index contributed by atoms with van der Waals surface area (Å²) in [5.74, 6) is -0.972. The predicted octanol–water partition coefficient (Wildman–Crippen LogP) is 2.21. The van der Waals surface area contributed by atoms with E-state index in [0.29, 0.717) is 13.1 Å². The van der Waals surface area contributed by atoms with Gasteiger partial charge in [-0.25, -0.2) is 4.39 Å². The second kappa shape index (κ2) is 6.81. The molecule has 0 radical (unpaired) electrons. The number of hydrogen-bond donors (Lipinski definition) is 1. The number of ketones is 1. The van der Waals surface area contributed by atoms with Crippen molar-refractivity contribution in [3.63, 3.8) is 0 Å². The van der Waals surface area contributed by atoms with Crippen molar-refractivity contribution in [1.82, 2.24) is 4.90 Å². The Balaban J connectivity index is 1.99. The molecule has 1 atom stereocenters. The van der Waals surface area contributed by atoms with Gasteiger partial charge in [-0.05, 0) is 37.6 Å². The minimum absolute atomic E-state index is 0.0378. The molecule has 1 saturated heterocycles. The molecule has 0 spiro atoms. The first-order valence-corrected chi connectivity index (χ1v) is 6.95. The number of hydrogen-bond acceptors (Lipinski definition) is 4. The van der Waals surface area contributed by atoms with Crippen LogP contribution in [0.1, 0.15) is 30.1 Å². The first-order chi connectivity index (χ1) is 9.60. The van der Waals surface area contributed by atoms with Gasteiger partial charge < -0.3 is 9.84 Å². The number of phenols is 1. The van der Waals surface area contributed by atoms with Crippen LogP contribution in [0.4, 0.5) is 4.39 Å². The molecule has 4 nitrogen and oxygen atoms in total. The van der Waals surface area contributed by atoms with Crippen LogP contribution in [0.2, 0.25) is 0 Å². The number of benzene rings is 1. The van der Waals surface area contributed by atoms with Gasteiger partial charge in [-0.3, -0.25) is 9.69 Å². The molecule has 1 heterocycles. The number of carbonyl (C=O) groups excluding carboxylic acids is 1. The van der Waals surface area contributed by atoms with E-state index in [1.54, 1.807) is 0 Å². The molecule has 0 bridgehead atoms. The minimum atomic E-state index is -0.520. The van der Waals surface area contributed by atoms with Gasteiger partial charge in [0.1, 0.15) is 11.6 Å². The maximum Gasteiger partial charge on any atom is 0.180 e. The van der Waals surface area contributed by atoms with Crippen LogP contribution in [0.5, 0.6) is 5.75 Å². The molecule has 5 heteroatoms. The quantitative estimate of drug-likeness (QED) is 0.812. The van der Waals surface area contributed by atoms with E-state index < -0.39 is 5.82 Å². The Bertz CT molecular complexity index is 472. The van der Waals surface area contributed by atoms with E-state index >= 15 is 0 Å². The standard InChI is InChI=1S/C15H20FNO3/c1-2-17(9-12-4-3-7-20-12)10-15(19)13-8-11(16)5-6-14(13)18/h5-6,8,12,18H,2-4,7,9-10H2,1H3. The number of phenolic OH excluding ortho intramolecular Hbond substituents is 1. The van der Waals surface area contributed by atoms with Gasteiger partial charge in [-0.2, -0.15) is 0 Å². The van der Waals surface area contributed by atoms with Crippen molar-refractivity contribution in [2.24, 2.45) is 0 Å². The molecule has 110 valence electrons. The Kier molecular flexibility index (Phi) is 5.09. The van der Waals surface area contributed by atoms with Gasteiger partial charge in [0.2, 0.25) is 0 Å². The normalized spacial score (nSPS) is 18.6. The van der Waals surface area contributed by atoms with Crippen molar-refractivity contribution in [2.45, 2.75) is 25.9 Å². The molecule has 1 aromatic rings. The van der Waals surface area contributed by atoms with Crippen LogP contribution in [0.3, 0.4) is 0 Å². The third kappa shape index (κ3) is 3.77. The van der Waals surface area contributed by atoms with E-state index in [1.807, 2.05) is 11.8 Å². The zero-order valence-corrected chi connectivity index (χ0v) is 11.6. The van der Waals surface area contributed by atoms with Crippen molar-refractivity contribution >= 4 is 5.78 Å². The fourth-order valence-corrected chi connectivity index (χ4v) is 2.40. The van der Waals surface area contributed by atoms with Crippen LogP contribution in [-0.2, 0) is 4.74 Å². The van der Waals surface area contributed by atoms with E-state index in [-0.39, 0.29) is 29.7 Å². The van der Waals surface area contributed by atoms with Crippen LogP contribution in [0.25, 0.3) is 0 Å². The zero-order valence-electron chi connectivity index (χ0n) is 11.6. The molecule has 1 aromatic carbocycles. The van der Waals surface area contributed by atoms with Crippen molar-refractivity contribution < 1.29 is 19.0 Å². The molecule has 1 unspecified atom stereocenters. The molecule has 1 fully saturated rings. The summed E-state index contributed by atoms with van der Waals surface area (Å²) in [6.45, 7) is 4.31. The topological polar surface area (TPSA) is 49.8 Å². The Morgan fingerprint density at radius 3 is 3.00 bits per heavy atom. The number of ether oxygens (including phenoxy) is 1. The lowest BCUT2D eigenvalue weighted by Crippen LogP contribution is -2.36. The van der Waals surface area contributed by atoms with Crippen molar-refractivity contribution in [3.05, 3.63) is 29.6 Å². The van der Waals surface area contributed by atoms with Gasteiger partial charge in [0.25, 0.3) is 0 Å². The van der Waals surface area contributed by atoms with Gasteiger partial charge in [0, 0.05) is 13.2 Å². The van der Waals surface area contributed by atoms with Crippen molar-refractivity contribution in [1.29, 1.82) is 0 Å². The zero-order chi connectivity index (χ0) is 14.5. The van der Waals surface area contributed by atoms with Crippen LogP contribution in [0, 0.1) is 5.82 Å². The fourth-order valence-electron chi connectivity index (χ4n) is 2.40. The number of Topliss-reactive ketones (excluding diaryl/α,β-unsaturated/α-hetero) is 1. The van der Waals surface area contributed by atoms with Gasteiger partial charge in [-0.15, -0.1) is 0 Å². The summed E-state index contributed by atoms with van der Waals surface area (Å²) in [7, 11) is 0. The maximum absolute atomic E-state index is 13.2. The predicted molar refractivity (Wildman–Crippen MR) is 73.5 cm³/mol. The Labute approximate surface area is 118 Å². The smallest absolute Gasteiger partial charge is 0.180 e. The number of rotatable bonds is 6. The van der Waals surface area contributed by atoms with Gasteiger partial charge in [0.05, 0.1) is 18.2 Å². The number of carbonyl (C=O) groups is 1. The highest BCUT2D eigenvalue weighted by molar-refractivity contribution is 6.00. The Morgan fingerprint density at radius 1 is 1.55 bits per heavy atom. The number of nitrogens with zero attached hydrogens (tertiary/aromatic N) is 1. The van der Waals surface area contributed by atoms with E-state index in [4.69, 9.17) is 4.74 Å². The fraction of sp³-hybridized carbons (Fsp3) is 0.533. The van der Waals surface area contributed by atoms with Crippen LogP contribution < -0.4 is 0 Å². The lowest BCUT2D eigenvalue weighted by atomic mass is 10.1. The summed E-state index contributed by atoms with van der Waals surface area (Å²) in [6.07, 6.45) is 2.24. The van der Waals surface area contributed by atoms with Crippen LogP contribution in [0.15, 0.2) is 18.2 Å². The molecular formula is C15H20FNO3. The molecule has 1 aliphatic heterocycles. The molecule has 0 saturated carbocycles. The molecular weight excluding hydrogens is 261 g/mol. The second-order valence-electron chi connectivity index (χ2n) is 5.05. The van der Waals surface area contributed by atoms with E-state index in [1.165, 1.54) is 6.07 Å². The minimum Gasteiger partial charge on any atom is -0.507 e. The second-order valence-corrected chi connectivity index (χ2v) is 5.05. The van der Waals surface area contributed by atoms with Crippen molar-refractivity contribution in [2.75, 3.05) is 26.2 Å². The average molecular weight is 281 g/mol. The first kappa shape index (κ1) is 14.9. The number of aromatic hydroxyl groups is 1. The molecule has 0 aromatic heterocycles. The van der Waals surface area contributed by atoms with E-state index in [9.17, 15) is 14.3 Å². The molecule has 2 rings (SSSR count). The Hall–Kier alpha value is -1.46. The third-order valence-electron chi connectivity index (χ3n) is 3.56. The van der Waals surface area contributed by atoms with Gasteiger partial charge in [0.15, 0.2) is 5.78 Å². The first-order valence-electron chi connectivity index (χ1n) is 6.95. The largest absolute Gasteiger partial charge is 0.507 e. The summed E-state index contributed by atoms with van der Waals surface area (Å²) < 4.78 is 18.7. The van der Waals surface area contributed by atoms with E-state index in [2.05, 4.69) is 0 Å². The van der Waals surface area contributed by atoms with Crippen LogP contribution in [-0.4, -0.2) is 48.1 Å². The summed E-state index contributed by atoms with van der Waals surface area (Å²) in [4.78, 5) is 14.1. The summed E-state index contributed by atoms with van der Waals surface area (Å²) in [6, 6.07) is 3.42. The monoisotopic (exact) mass is 281 g/mol. The van der Waals surface area contributed by atoms with Gasteiger partial charge >= 0.3 is 0 Å². The molecule has 1 aliphatic rings. The summed E-state index contributed by atoms with van der Waals surface area (Å²) in [5.41, 5.74) is 0.0378. The van der Waals surface area contributed by atoms with Crippen LogP contribution >= 0.6 is 0 Å². The lowest BCUT2D eigenvalue weighted by Gasteiger charge is -2.23. The molecule has 20 heavy (non-hydrogen) atoms. The molecule has 0 aliphatic carbocycles. The summed E-state index contributed by atoms with van der Waals surface area (Å²) in [5, 5.41) is 9.64. The SMILES string of the molecule is CCN(CC(=O)c1cc(F)ccc1O)CC1CCCO1. The lowest BCUT2D eigenvalue weighted by molar-refractivity contribution is 0.0685. The molecule has 1 N–H and O–H groups in total. The van der Waals surface area contributed by atoms with E-state index in [0.717, 1.165) is 31.6 Å². The third-order valence-corrected chi connectivity index (χ3v) is 3.56. The highest BCUT2D eigenvalue weighted by atomic mass is 19.1. The number of likely N-dealkylation sites (N-methyl/N-ethyl adjacent to an activating group) is 1. The highest BCUT2D eigenvalue weighted by Gasteiger charge is 2.21. The highest BCUT2D eigenvalue weighted by Crippen LogP contribution is 2.19. The van der Waals surface area contributed by atoms with Crippen molar-refractivity contribution in [3.8, 4) is 5.75 Å². The Morgan fingerprint density at radius 2 is 2.35 bits per heavy atom. The maximum atomic E-state index is 13.2. The van der Waals surface area contributed by atoms with Gasteiger partial charge in [-0.1, -0.05) is 6.92 Å². The number of halogens is 1. The summed E-state index contributed by atoms with van der Waals surface area (Å²) >= 11 is 0.